The van der Waals surface area contributed by atoms with Crippen molar-refractivity contribution in [2.45, 2.75) is 51.6 Å². The van der Waals surface area contributed by atoms with E-state index in [0.29, 0.717) is 38.2 Å². The maximum Gasteiger partial charge on any atom is 0.234 e. The van der Waals surface area contributed by atoms with Gasteiger partial charge in [-0.15, -0.1) is 0 Å². The number of benzene rings is 2. The zero-order chi connectivity index (χ0) is 28.4. The highest BCUT2D eigenvalue weighted by Gasteiger charge is 2.32. The van der Waals surface area contributed by atoms with Crippen molar-refractivity contribution in [3.63, 3.8) is 0 Å². The molecule has 2 aromatic carbocycles. The van der Waals surface area contributed by atoms with Gasteiger partial charge in [-0.2, -0.15) is 4.31 Å². The van der Waals surface area contributed by atoms with E-state index in [9.17, 15) is 22.4 Å². The number of amides is 2. The van der Waals surface area contributed by atoms with Gasteiger partial charge in [-0.05, 0) is 49.1 Å². The van der Waals surface area contributed by atoms with Gasteiger partial charge < -0.3 is 16.4 Å². The molecule has 0 aliphatic carbocycles. The van der Waals surface area contributed by atoms with Gasteiger partial charge in [0.25, 0.3) is 0 Å². The lowest BCUT2D eigenvalue weighted by Gasteiger charge is -2.34. The average Bonchev–Trinajstić information content (AvgIpc) is 2.89. The van der Waals surface area contributed by atoms with Crippen molar-refractivity contribution in [3.8, 4) is 0 Å². The number of anilines is 1. The molecule has 4 N–H and O–H groups in total. The first-order valence-electron chi connectivity index (χ1n) is 13.4. The van der Waals surface area contributed by atoms with Crippen LogP contribution in [0.4, 0.5) is 10.1 Å². The molecule has 3 atom stereocenters. The minimum absolute atomic E-state index is 0.0561. The van der Waals surface area contributed by atoms with Crippen LogP contribution in [0.2, 0.25) is 0 Å². The van der Waals surface area contributed by atoms with E-state index in [1.54, 1.807) is 11.8 Å². The quantitative estimate of drug-likeness (QED) is 0.345. The number of nitrogens with zero attached hydrogens (tertiary/aromatic N) is 2. The van der Waals surface area contributed by atoms with Crippen LogP contribution in [0.1, 0.15) is 38.7 Å². The molecule has 3 rings (SSSR count). The molecule has 1 saturated heterocycles. The molecular weight excluding hydrogens is 521 g/mol. The van der Waals surface area contributed by atoms with Crippen LogP contribution in [0.15, 0.2) is 54.6 Å². The van der Waals surface area contributed by atoms with Gasteiger partial charge in [0.1, 0.15) is 11.7 Å². The molecular formula is C28H40FN5O4S. The third kappa shape index (κ3) is 9.68. The molecule has 0 spiro atoms. The summed E-state index contributed by atoms with van der Waals surface area (Å²) in [6.07, 6.45) is 2.48. The number of unbranched alkanes of at least 4 members (excludes halogenated alkanes) is 1. The van der Waals surface area contributed by atoms with E-state index in [2.05, 4.69) is 10.6 Å². The average molecular weight is 562 g/mol. The van der Waals surface area contributed by atoms with Crippen LogP contribution in [0, 0.1) is 11.7 Å². The van der Waals surface area contributed by atoms with Crippen molar-refractivity contribution in [2.75, 3.05) is 37.4 Å². The predicted octanol–water partition coefficient (Wildman–Crippen LogP) is 2.55. The standard InChI is InChI=1S/C28H40FN5O4S/c1-3-4-14-34-16-15-33(20-39(34,37)38)19-27(35)32-26(18-22-8-6-5-7-9-22)25(30)17-21(2)28(36)31-24-12-10-23(29)11-13-24/h5-13,21,25-26H,3-4,14-20,30H2,1-2H3,(H,31,36)(H,32,35)/t21-,25+,26+/m1/s1. The van der Waals surface area contributed by atoms with Crippen LogP contribution in [0.25, 0.3) is 0 Å². The van der Waals surface area contributed by atoms with E-state index in [1.165, 1.54) is 28.6 Å². The van der Waals surface area contributed by atoms with Crippen molar-refractivity contribution < 1.29 is 22.4 Å². The maximum absolute atomic E-state index is 13.2. The zero-order valence-corrected chi connectivity index (χ0v) is 23.5. The Morgan fingerprint density at radius 1 is 1.08 bits per heavy atom. The highest BCUT2D eigenvalue weighted by molar-refractivity contribution is 7.89. The lowest BCUT2D eigenvalue weighted by Crippen LogP contribution is -2.55. The maximum atomic E-state index is 13.2. The normalized spacial score (nSPS) is 18.2. The number of nitrogens with one attached hydrogen (secondary N) is 2. The topological polar surface area (TPSA) is 125 Å². The number of halogens is 1. The van der Waals surface area contributed by atoms with E-state index in [0.717, 1.165) is 18.4 Å². The Morgan fingerprint density at radius 2 is 1.77 bits per heavy atom. The number of sulfonamides is 1. The van der Waals surface area contributed by atoms with E-state index in [4.69, 9.17) is 5.73 Å². The Balaban J connectivity index is 1.61. The molecule has 1 fully saturated rings. The smallest absolute Gasteiger partial charge is 0.234 e. The van der Waals surface area contributed by atoms with Gasteiger partial charge in [0.2, 0.25) is 21.8 Å². The molecule has 2 amide bonds. The van der Waals surface area contributed by atoms with Gasteiger partial charge in [0.05, 0.1) is 6.54 Å². The summed E-state index contributed by atoms with van der Waals surface area (Å²) < 4.78 is 40.0. The summed E-state index contributed by atoms with van der Waals surface area (Å²) in [6.45, 7) is 5.06. The van der Waals surface area contributed by atoms with Crippen molar-refractivity contribution in [1.29, 1.82) is 0 Å². The van der Waals surface area contributed by atoms with Gasteiger partial charge in [0.15, 0.2) is 0 Å². The summed E-state index contributed by atoms with van der Waals surface area (Å²) >= 11 is 0. The highest BCUT2D eigenvalue weighted by Crippen LogP contribution is 2.16. The molecule has 0 bridgehead atoms. The van der Waals surface area contributed by atoms with Gasteiger partial charge in [-0.25, -0.2) is 12.8 Å². The predicted molar refractivity (Wildman–Crippen MR) is 151 cm³/mol. The molecule has 1 aliphatic heterocycles. The van der Waals surface area contributed by atoms with Gasteiger partial charge in [-0.3, -0.25) is 14.5 Å². The fraction of sp³-hybridized carbons (Fsp3) is 0.500. The second-order valence-electron chi connectivity index (χ2n) is 10.2. The molecule has 1 aliphatic rings. The number of rotatable bonds is 13. The number of hydrogen-bond donors (Lipinski definition) is 3. The molecule has 9 nitrogen and oxygen atoms in total. The Bertz CT molecular complexity index is 1180. The first kappa shape index (κ1) is 30.7. The van der Waals surface area contributed by atoms with Crippen LogP contribution in [-0.2, 0) is 26.0 Å². The van der Waals surface area contributed by atoms with E-state index < -0.39 is 33.8 Å². The molecule has 214 valence electrons. The van der Waals surface area contributed by atoms with E-state index in [1.807, 2.05) is 37.3 Å². The van der Waals surface area contributed by atoms with Gasteiger partial charge in [-0.1, -0.05) is 50.6 Å². The zero-order valence-electron chi connectivity index (χ0n) is 22.7. The van der Waals surface area contributed by atoms with Gasteiger partial charge in [0, 0.05) is 43.3 Å². The molecule has 2 aromatic rings. The number of nitrogens with two attached hydrogens (primary N) is 1. The molecule has 39 heavy (non-hydrogen) atoms. The van der Waals surface area contributed by atoms with Gasteiger partial charge >= 0.3 is 0 Å². The molecule has 11 heteroatoms. The minimum atomic E-state index is -3.45. The number of carbonyl (C=O) groups excluding carboxylic acids is 2. The van der Waals surface area contributed by atoms with Crippen LogP contribution in [0.3, 0.4) is 0 Å². The SMILES string of the molecule is CCCCN1CCN(CC(=O)N[C@@H](Cc2ccccc2)[C@@H](N)C[C@@H](C)C(=O)Nc2ccc(F)cc2)CS1(=O)=O. The summed E-state index contributed by atoms with van der Waals surface area (Å²) in [5.41, 5.74) is 8.01. The number of carbonyl (C=O) groups is 2. The lowest BCUT2D eigenvalue weighted by atomic mass is 9.92. The highest BCUT2D eigenvalue weighted by atomic mass is 32.2. The van der Waals surface area contributed by atoms with Crippen molar-refractivity contribution in [3.05, 3.63) is 66.0 Å². The largest absolute Gasteiger partial charge is 0.350 e. The van der Waals surface area contributed by atoms with Crippen molar-refractivity contribution >= 4 is 27.5 Å². The summed E-state index contributed by atoms with van der Waals surface area (Å²) in [7, 11) is -3.45. The van der Waals surface area contributed by atoms with Crippen LogP contribution in [-0.4, -0.2) is 73.6 Å². The van der Waals surface area contributed by atoms with E-state index >= 15 is 0 Å². The monoisotopic (exact) mass is 561 g/mol. The number of hydrogen-bond acceptors (Lipinski definition) is 6. The molecule has 0 unspecified atom stereocenters. The second-order valence-corrected chi connectivity index (χ2v) is 12.1. The Kier molecular flexibility index (Phi) is 11.4. The molecule has 0 aromatic heterocycles. The fourth-order valence-corrected chi connectivity index (χ4v) is 6.20. The van der Waals surface area contributed by atoms with Crippen molar-refractivity contribution in [1.82, 2.24) is 14.5 Å². The van der Waals surface area contributed by atoms with Crippen molar-refractivity contribution in [2.24, 2.45) is 11.7 Å². The molecule has 0 saturated carbocycles. The summed E-state index contributed by atoms with van der Waals surface area (Å²) in [5.74, 6) is -1.62. The first-order valence-corrected chi connectivity index (χ1v) is 15.0. The Labute approximate surface area is 231 Å². The minimum Gasteiger partial charge on any atom is -0.350 e. The Morgan fingerprint density at radius 3 is 2.41 bits per heavy atom. The van der Waals surface area contributed by atoms with Crippen LogP contribution < -0.4 is 16.4 Å². The summed E-state index contributed by atoms with van der Waals surface area (Å²) in [6, 6.07) is 14.1. The fourth-order valence-electron chi connectivity index (χ4n) is 4.59. The first-order chi connectivity index (χ1) is 18.6. The van der Waals surface area contributed by atoms with E-state index in [-0.39, 0.29) is 24.2 Å². The van der Waals surface area contributed by atoms with Crippen LogP contribution >= 0.6 is 0 Å². The van der Waals surface area contributed by atoms with Crippen LogP contribution in [0.5, 0.6) is 0 Å². The second kappa shape index (κ2) is 14.5. The third-order valence-electron chi connectivity index (χ3n) is 6.88. The summed E-state index contributed by atoms with van der Waals surface area (Å²) in [5, 5.41) is 5.76. The molecule has 0 radical (unpaired) electrons. The lowest BCUT2D eigenvalue weighted by molar-refractivity contribution is -0.123. The Hall–Kier alpha value is -2.86. The third-order valence-corrected chi connectivity index (χ3v) is 8.72. The molecule has 1 heterocycles. The summed E-state index contributed by atoms with van der Waals surface area (Å²) in [4.78, 5) is 27.4.